The zero-order valence-corrected chi connectivity index (χ0v) is 27.2. The number of hydrogen-bond acceptors (Lipinski definition) is 10. The molecule has 2 amide bonds. The third-order valence-electron chi connectivity index (χ3n) is 7.13. The van der Waals surface area contributed by atoms with Crippen LogP contribution in [0.25, 0.3) is 0 Å². The Morgan fingerprint density at radius 3 is 2.18 bits per heavy atom. The number of nitrogens with zero attached hydrogens (tertiary/aromatic N) is 3. The van der Waals surface area contributed by atoms with Crippen molar-refractivity contribution in [2.75, 3.05) is 16.9 Å². The normalized spacial score (nSPS) is 17.2. The fourth-order valence-corrected chi connectivity index (χ4v) is 6.00. The minimum absolute atomic E-state index is 0.132. The Kier molecular flexibility index (Phi) is 9.24. The lowest BCUT2D eigenvalue weighted by Gasteiger charge is -2.52. The van der Waals surface area contributed by atoms with E-state index in [4.69, 9.17) is 13.5 Å². The molecule has 1 aromatic carbocycles. The Labute approximate surface area is 258 Å². The Morgan fingerprint density at radius 1 is 1.02 bits per heavy atom. The number of aromatic nitrogens is 2. The summed E-state index contributed by atoms with van der Waals surface area (Å²) >= 11 is 0. The first-order chi connectivity index (χ1) is 20.3. The van der Waals surface area contributed by atoms with Gasteiger partial charge in [-0.15, -0.1) is 0 Å². The summed E-state index contributed by atoms with van der Waals surface area (Å²) in [5, 5.41) is 11.0. The maximum atomic E-state index is 12.8. The third-order valence-corrected chi connectivity index (χ3v) is 7.55. The smallest absolute Gasteiger partial charge is 0.280 e. The van der Waals surface area contributed by atoms with Crippen LogP contribution in [-0.4, -0.2) is 58.9 Å². The number of hydroxylamine groups is 2. The number of carbonyl (C=O) groups is 2. The van der Waals surface area contributed by atoms with Gasteiger partial charge in [0.25, 0.3) is 16.0 Å². The van der Waals surface area contributed by atoms with Gasteiger partial charge in [0.05, 0.1) is 18.9 Å². The van der Waals surface area contributed by atoms with Crippen LogP contribution in [0.15, 0.2) is 53.2 Å². The molecule has 1 fully saturated rings. The van der Waals surface area contributed by atoms with E-state index in [1.54, 1.807) is 42.5 Å². The molecule has 2 aromatic heterocycles. The summed E-state index contributed by atoms with van der Waals surface area (Å²) in [7, 11) is -3.68. The second kappa shape index (κ2) is 12.3. The lowest BCUT2D eigenvalue weighted by Crippen LogP contribution is -2.62. The maximum Gasteiger partial charge on any atom is 0.280 e. The summed E-state index contributed by atoms with van der Waals surface area (Å²) in [5.41, 5.74) is 0.0828. The van der Waals surface area contributed by atoms with E-state index in [0.29, 0.717) is 35.9 Å². The van der Waals surface area contributed by atoms with Gasteiger partial charge in [0.2, 0.25) is 5.91 Å². The molecule has 3 heterocycles. The van der Waals surface area contributed by atoms with Gasteiger partial charge in [0, 0.05) is 41.1 Å². The van der Waals surface area contributed by atoms with Gasteiger partial charge in [0.1, 0.15) is 23.3 Å². The Morgan fingerprint density at radius 2 is 1.66 bits per heavy atom. The summed E-state index contributed by atoms with van der Waals surface area (Å²) in [4.78, 5) is 29.5. The number of piperidine rings is 1. The topological polar surface area (TPSA) is 153 Å². The molecule has 0 radical (unpaired) electrons. The van der Waals surface area contributed by atoms with Crippen molar-refractivity contribution in [2.45, 2.75) is 90.3 Å². The minimum Gasteiger partial charge on any atom is -0.489 e. The number of carbonyl (C=O) groups excluding carboxylic acids is 2. The van der Waals surface area contributed by atoms with E-state index in [9.17, 15) is 18.0 Å². The first kappa shape index (κ1) is 33.1. The highest BCUT2D eigenvalue weighted by Gasteiger charge is 2.49. The van der Waals surface area contributed by atoms with Crippen molar-refractivity contribution >= 4 is 33.4 Å². The molecule has 0 saturated carbocycles. The average molecular weight is 628 g/mol. The van der Waals surface area contributed by atoms with E-state index in [1.165, 1.54) is 11.3 Å². The summed E-state index contributed by atoms with van der Waals surface area (Å²) in [6, 6.07) is 11.9. The lowest BCUT2D eigenvalue weighted by molar-refractivity contribution is -0.228. The van der Waals surface area contributed by atoms with E-state index >= 15 is 0 Å². The predicted molar refractivity (Wildman–Crippen MR) is 166 cm³/mol. The van der Waals surface area contributed by atoms with Gasteiger partial charge in [-0.05, 0) is 57.5 Å². The highest BCUT2D eigenvalue weighted by Crippen LogP contribution is 2.40. The molecule has 1 aliphatic heterocycles. The molecule has 238 valence electrons. The zero-order valence-electron chi connectivity index (χ0n) is 26.4. The van der Waals surface area contributed by atoms with E-state index in [2.05, 4.69) is 20.8 Å². The molecule has 0 spiro atoms. The molecule has 13 heteroatoms. The molecule has 3 aromatic rings. The maximum absolute atomic E-state index is 12.8. The highest BCUT2D eigenvalue weighted by atomic mass is 32.2. The molecule has 0 atom stereocenters. The van der Waals surface area contributed by atoms with E-state index in [1.807, 2.05) is 48.5 Å². The molecule has 0 aliphatic carbocycles. The van der Waals surface area contributed by atoms with E-state index in [0.717, 1.165) is 11.8 Å². The van der Waals surface area contributed by atoms with Crippen molar-refractivity contribution in [2.24, 2.45) is 0 Å². The van der Waals surface area contributed by atoms with Gasteiger partial charge < -0.3 is 19.9 Å². The first-order valence-corrected chi connectivity index (χ1v) is 16.1. The predicted octanol–water partition coefficient (Wildman–Crippen LogP) is 5.09. The van der Waals surface area contributed by atoms with Crippen molar-refractivity contribution in [3.63, 3.8) is 0 Å². The largest absolute Gasteiger partial charge is 0.489 e. The fourth-order valence-electron chi connectivity index (χ4n) is 5.33. The monoisotopic (exact) mass is 627 g/mol. The van der Waals surface area contributed by atoms with Crippen LogP contribution in [0.5, 0.6) is 5.75 Å². The number of benzene rings is 1. The van der Waals surface area contributed by atoms with Crippen molar-refractivity contribution in [3.05, 3.63) is 65.7 Å². The van der Waals surface area contributed by atoms with Crippen LogP contribution in [-0.2, 0) is 31.0 Å². The summed E-state index contributed by atoms with van der Waals surface area (Å²) in [6.45, 7) is 13.6. The van der Waals surface area contributed by atoms with Crippen molar-refractivity contribution < 1.29 is 31.6 Å². The SMILES string of the molecule is CC(C)(C)c1cc(NC(=O)Cc2ccc(NC(=O)c3ccc(OC4CC(C)(C)N(OS(C)(=O)=O)C(C)(C)C4)cn3)cc2)no1. The number of amides is 2. The number of nitrogens with one attached hydrogen (secondary N) is 2. The summed E-state index contributed by atoms with van der Waals surface area (Å²) < 4.78 is 40.5. The summed E-state index contributed by atoms with van der Waals surface area (Å²) in [6.07, 6.45) is 3.47. The highest BCUT2D eigenvalue weighted by molar-refractivity contribution is 7.85. The molecule has 1 saturated heterocycles. The van der Waals surface area contributed by atoms with Crippen LogP contribution in [0, 0.1) is 0 Å². The molecule has 0 unspecified atom stereocenters. The standard InChI is InChI=1S/C31H41N5O7S/c1-29(2,3)25-16-26(35-42-25)34-27(37)15-20-9-11-21(12-10-20)33-28(38)24-14-13-22(19-32-24)41-23-17-30(4,5)36(31(6,7)18-23)43-44(8,39)40/h9-14,16,19,23H,15,17-18H2,1-8H3,(H,33,38)(H,34,35,37). The lowest BCUT2D eigenvalue weighted by atomic mass is 9.80. The quantitative estimate of drug-likeness (QED) is 0.328. The van der Waals surface area contributed by atoms with Gasteiger partial charge in [-0.25, -0.2) is 4.98 Å². The Balaban J connectivity index is 1.30. The number of ether oxygens (including phenoxy) is 1. The van der Waals surface area contributed by atoms with Crippen molar-refractivity contribution in [3.8, 4) is 5.75 Å². The van der Waals surface area contributed by atoms with Gasteiger partial charge in [-0.3, -0.25) is 9.59 Å². The number of hydrogen-bond donors (Lipinski definition) is 2. The van der Waals surface area contributed by atoms with Crippen LogP contribution < -0.4 is 15.4 Å². The van der Waals surface area contributed by atoms with Crippen LogP contribution in [0.3, 0.4) is 0 Å². The molecule has 44 heavy (non-hydrogen) atoms. The molecular weight excluding hydrogens is 586 g/mol. The first-order valence-electron chi connectivity index (χ1n) is 14.3. The molecular formula is C31H41N5O7S. The van der Waals surface area contributed by atoms with E-state index in [-0.39, 0.29) is 29.5 Å². The Bertz CT molecular complexity index is 1570. The third kappa shape index (κ3) is 8.64. The second-order valence-electron chi connectivity index (χ2n) is 13.4. The van der Waals surface area contributed by atoms with Gasteiger partial charge >= 0.3 is 0 Å². The molecule has 1 aliphatic rings. The molecule has 0 bridgehead atoms. The van der Waals surface area contributed by atoms with Crippen LogP contribution in [0.2, 0.25) is 0 Å². The van der Waals surface area contributed by atoms with E-state index < -0.39 is 27.1 Å². The Hall–Kier alpha value is -3.81. The number of anilines is 2. The van der Waals surface area contributed by atoms with Crippen molar-refractivity contribution in [1.82, 2.24) is 15.2 Å². The number of rotatable bonds is 9. The summed E-state index contributed by atoms with van der Waals surface area (Å²) in [5.74, 6) is 0.916. The minimum atomic E-state index is -3.68. The van der Waals surface area contributed by atoms with Crippen LogP contribution >= 0.6 is 0 Å². The van der Waals surface area contributed by atoms with Gasteiger partial charge in [-0.2, -0.15) is 17.8 Å². The zero-order chi connectivity index (χ0) is 32.5. The second-order valence-corrected chi connectivity index (χ2v) is 15.0. The molecule has 12 nitrogen and oxygen atoms in total. The van der Waals surface area contributed by atoms with Crippen LogP contribution in [0.4, 0.5) is 11.5 Å². The fraction of sp³-hybridized carbons (Fsp3) is 0.484. The average Bonchev–Trinajstić information content (AvgIpc) is 3.36. The number of pyridine rings is 1. The molecule has 2 N–H and O–H groups in total. The van der Waals surface area contributed by atoms with Gasteiger partial charge in [-0.1, -0.05) is 38.1 Å². The van der Waals surface area contributed by atoms with Crippen LogP contribution in [0.1, 0.15) is 83.1 Å². The van der Waals surface area contributed by atoms with Crippen molar-refractivity contribution in [1.29, 1.82) is 0 Å². The van der Waals surface area contributed by atoms with Gasteiger partial charge in [0.15, 0.2) is 5.82 Å². The molecule has 4 rings (SSSR count).